The minimum Gasteiger partial charge on any atom is -0.497 e. The minimum absolute atomic E-state index is 0.130. The number of carbonyl (C=O) groups is 2. The second-order valence-corrected chi connectivity index (χ2v) is 5.53. The van der Waals surface area contributed by atoms with Gasteiger partial charge in [-0.1, -0.05) is 18.2 Å². The van der Waals surface area contributed by atoms with Crippen molar-refractivity contribution in [2.24, 2.45) is 0 Å². The number of methoxy groups -OCH3 is 1. The highest BCUT2D eigenvalue weighted by Crippen LogP contribution is 2.18. The maximum absolute atomic E-state index is 12.1. The normalized spacial score (nSPS) is 10.1. The Labute approximate surface area is 142 Å². The van der Waals surface area contributed by atoms with E-state index in [4.69, 9.17) is 4.74 Å². The van der Waals surface area contributed by atoms with Crippen LogP contribution in [-0.2, 0) is 4.79 Å². The minimum atomic E-state index is -0.228. The molecular weight excluding hydrogens is 304 g/mol. The van der Waals surface area contributed by atoms with Gasteiger partial charge in [0.2, 0.25) is 5.91 Å². The fourth-order valence-corrected chi connectivity index (χ4v) is 2.26. The Morgan fingerprint density at radius 2 is 1.83 bits per heavy atom. The average molecular weight is 326 g/mol. The number of ether oxygens (including phenoxy) is 1. The van der Waals surface area contributed by atoms with Gasteiger partial charge in [-0.25, -0.2) is 0 Å². The number of benzene rings is 2. The first kappa shape index (κ1) is 17.5. The molecule has 2 aromatic rings. The largest absolute Gasteiger partial charge is 0.497 e. The molecule has 5 heteroatoms. The molecule has 0 heterocycles. The Balaban J connectivity index is 1.84. The van der Waals surface area contributed by atoms with Gasteiger partial charge in [-0.15, -0.1) is 0 Å². The van der Waals surface area contributed by atoms with Gasteiger partial charge in [0.25, 0.3) is 5.91 Å². The smallest absolute Gasteiger partial charge is 0.251 e. The lowest BCUT2D eigenvalue weighted by Gasteiger charge is -2.11. The average Bonchev–Trinajstić information content (AvgIpc) is 2.59. The van der Waals surface area contributed by atoms with Crippen LogP contribution in [0, 0.1) is 13.8 Å². The van der Waals surface area contributed by atoms with E-state index < -0.39 is 0 Å². The molecule has 126 valence electrons. The van der Waals surface area contributed by atoms with E-state index in [2.05, 4.69) is 10.6 Å². The fourth-order valence-electron chi connectivity index (χ4n) is 2.26. The number of aryl methyl sites for hydroxylation is 1. The molecule has 2 amide bonds. The molecule has 0 fully saturated rings. The van der Waals surface area contributed by atoms with Gasteiger partial charge in [-0.05, 0) is 49.2 Å². The van der Waals surface area contributed by atoms with Crippen molar-refractivity contribution >= 4 is 17.5 Å². The third kappa shape index (κ3) is 4.59. The zero-order valence-electron chi connectivity index (χ0n) is 14.2. The van der Waals surface area contributed by atoms with E-state index in [-0.39, 0.29) is 24.8 Å². The van der Waals surface area contributed by atoms with Crippen LogP contribution in [0.1, 0.15) is 27.9 Å². The van der Waals surface area contributed by atoms with Crippen molar-refractivity contribution in [2.75, 3.05) is 19.0 Å². The number of hydrogen-bond acceptors (Lipinski definition) is 3. The first-order chi connectivity index (χ1) is 11.5. The summed E-state index contributed by atoms with van der Waals surface area (Å²) in [5.41, 5.74) is 3.48. The molecule has 0 saturated carbocycles. The second-order valence-electron chi connectivity index (χ2n) is 5.53. The zero-order valence-corrected chi connectivity index (χ0v) is 14.2. The lowest BCUT2D eigenvalue weighted by Crippen LogP contribution is -2.27. The van der Waals surface area contributed by atoms with Gasteiger partial charge in [0.05, 0.1) is 7.11 Å². The summed E-state index contributed by atoms with van der Waals surface area (Å²) in [6, 6.07) is 12.7. The molecule has 0 unspecified atom stereocenters. The molecule has 2 N–H and O–H groups in total. The van der Waals surface area contributed by atoms with Gasteiger partial charge in [0.15, 0.2) is 0 Å². The van der Waals surface area contributed by atoms with Gasteiger partial charge in [0.1, 0.15) is 5.75 Å². The van der Waals surface area contributed by atoms with Crippen LogP contribution in [0.15, 0.2) is 42.5 Å². The topological polar surface area (TPSA) is 67.4 Å². The first-order valence-corrected chi connectivity index (χ1v) is 7.79. The molecule has 2 rings (SSSR count). The Hall–Kier alpha value is -2.82. The number of nitrogens with one attached hydrogen (secondary N) is 2. The summed E-state index contributed by atoms with van der Waals surface area (Å²) in [5.74, 6) is 0.262. The lowest BCUT2D eigenvalue weighted by molar-refractivity contribution is -0.116. The Bertz CT molecular complexity index is 741. The molecular formula is C19H22N2O3. The number of anilines is 1. The molecule has 0 spiro atoms. The SMILES string of the molecule is COc1cccc(C(=O)NCCC(=O)Nc2cccc(C)c2C)c1. The van der Waals surface area contributed by atoms with Crippen LogP contribution in [0.4, 0.5) is 5.69 Å². The van der Waals surface area contributed by atoms with Crippen LogP contribution < -0.4 is 15.4 Å². The van der Waals surface area contributed by atoms with Crippen LogP contribution in [0.3, 0.4) is 0 Å². The quantitative estimate of drug-likeness (QED) is 0.857. The highest BCUT2D eigenvalue weighted by molar-refractivity contribution is 5.95. The Morgan fingerprint density at radius 1 is 1.08 bits per heavy atom. The van der Waals surface area contributed by atoms with E-state index in [9.17, 15) is 9.59 Å². The molecule has 0 aliphatic carbocycles. The van der Waals surface area contributed by atoms with E-state index in [1.807, 2.05) is 32.0 Å². The summed E-state index contributed by atoms with van der Waals surface area (Å²) < 4.78 is 5.09. The van der Waals surface area contributed by atoms with Crippen LogP contribution in [0.5, 0.6) is 5.75 Å². The zero-order chi connectivity index (χ0) is 17.5. The summed E-state index contributed by atoms with van der Waals surface area (Å²) in [7, 11) is 1.55. The highest BCUT2D eigenvalue weighted by Gasteiger charge is 2.09. The van der Waals surface area contributed by atoms with Crippen LogP contribution in [0.25, 0.3) is 0 Å². The van der Waals surface area contributed by atoms with Crippen molar-refractivity contribution in [1.82, 2.24) is 5.32 Å². The number of amides is 2. The van der Waals surface area contributed by atoms with E-state index in [0.717, 1.165) is 16.8 Å². The third-order valence-corrected chi connectivity index (χ3v) is 3.85. The molecule has 2 aromatic carbocycles. The molecule has 0 aliphatic heterocycles. The van der Waals surface area contributed by atoms with Crippen molar-refractivity contribution in [2.45, 2.75) is 20.3 Å². The maximum Gasteiger partial charge on any atom is 0.251 e. The van der Waals surface area contributed by atoms with Gasteiger partial charge in [0, 0.05) is 24.2 Å². The number of rotatable bonds is 6. The van der Waals surface area contributed by atoms with E-state index in [1.54, 1.807) is 31.4 Å². The van der Waals surface area contributed by atoms with Gasteiger partial charge in [-0.2, -0.15) is 0 Å². The van der Waals surface area contributed by atoms with Crippen molar-refractivity contribution < 1.29 is 14.3 Å². The summed E-state index contributed by atoms with van der Waals surface area (Å²) >= 11 is 0. The first-order valence-electron chi connectivity index (χ1n) is 7.79. The summed E-state index contributed by atoms with van der Waals surface area (Å²) in [4.78, 5) is 24.1. The molecule has 5 nitrogen and oxygen atoms in total. The molecule has 0 bridgehead atoms. The summed E-state index contributed by atoms with van der Waals surface area (Å²) in [6.07, 6.45) is 0.211. The number of hydrogen-bond donors (Lipinski definition) is 2. The summed E-state index contributed by atoms with van der Waals surface area (Å²) in [6.45, 7) is 4.24. The summed E-state index contributed by atoms with van der Waals surface area (Å²) in [5, 5.41) is 5.61. The van der Waals surface area contributed by atoms with Crippen LogP contribution >= 0.6 is 0 Å². The lowest BCUT2D eigenvalue weighted by atomic mass is 10.1. The molecule has 0 aliphatic rings. The van der Waals surface area contributed by atoms with E-state index in [0.29, 0.717) is 11.3 Å². The van der Waals surface area contributed by atoms with E-state index in [1.165, 1.54) is 0 Å². The van der Waals surface area contributed by atoms with Gasteiger partial charge >= 0.3 is 0 Å². The molecule has 0 aromatic heterocycles. The van der Waals surface area contributed by atoms with Crippen LogP contribution in [0.2, 0.25) is 0 Å². The van der Waals surface area contributed by atoms with Crippen LogP contribution in [-0.4, -0.2) is 25.5 Å². The van der Waals surface area contributed by atoms with Crippen molar-refractivity contribution in [3.05, 3.63) is 59.2 Å². The Morgan fingerprint density at radius 3 is 2.58 bits per heavy atom. The molecule has 24 heavy (non-hydrogen) atoms. The standard InChI is InChI=1S/C19H22N2O3/c1-13-6-4-9-17(14(13)2)21-18(22)10-11-20-19(23)15-7-5-8-16(12-15)24-3/h4-9,12H,10-11H2,1-3H3,(H,20,23)(H,21,22). The molecule has 0 atom stereocenters. The third-order valence-electron chi connectivity index (χ3n) is 3.85. The predicted octanol–water partition coefficient (Wildman–Crippen LogP) is 3.07. The molecule has 0 saturated heterocycles. The van der Waals surface area contributed by atoms with Crippen molar-refractivity contribution in [1.29, 1.82) is 0 Å². The maximum atomic E-state index is 12.1. The van der Waals surface area contributed by atoms with E-state index >= 15 is 0 Å². The monoisotopic (exact) mass is 326 g/mol. The van der Waals surface area contributed by atoms with Gasteiger partial charge in [-0.3, -0.25) is 9.59 Å². The molecule has 0 radical (unpaired) electrons. The van der Waals surface area contributed by atoms with Crippen molar-refractivity contribution in [3.63, 3.8) is 0 Å². The highest BCUT2D eigenvalue weighted by atomic mass is 16.5. The predicted molar refractivity (Wildman–Crippen MR) is 94.5 cm³/mol. The second kappa shape index (κ2) is 8.15. The van der Waals surface area contributed by atoms with Crippen molar-refractivity contribution in [3.8, 4) is 5.75 Å². The fraction of sp³-hybridized carbons (Fsp3) is 0.263. The van der Waals surface area contributed by atoms with Gasteiger partial charge < -0.3 is 15.4 Å². The number of carbonyl (C=O) groups excluding carboxylic acids is 2. The Kier molecular flexibility index (Phi) is 5.95.